The van der Waals surface area contributed by atoms with Crippen molar-refractivity contribution < 1.29 is 44.1 Å². The van der Waals surface area contributed by atoms with Crippen molar-refractivity contribution in [3.05, 3.63) is 71.9 Å². The van der Waals surface area contributed by atoms with Crippen LogP contribution in [0.5, 0.6) is 0 Å². The molecule has 1 aromatic heterocycles. The first-order chi connectivity index (χ1) is 20.9. The number of aliphatic carboxylic acids is 3. The minimum atomic E-state index is -1.60. The maximum absolute atomic E-state index is 13.6. The van der Waals surface area contributed by atoms with Gasteiger partial charge in [-0.05, 0) is 36.5 Å². The van der Waals surface area contributed by atoms with E-state index < -0.39 is 85.5 Å². The molecule has 0 saturated heterocycles. The molecule has 2 aromatic carbocycles. The van der Waals surface area contributed by atoms with Crippen molar-refractivity contribution in [2.24, 2.45) is 5.73 Å². The van der Waals surface area contributed by atoms with E-state index in [4.69, 9.17) is 10.8 Å². The average Bonchev–Trinajstić information content (AvgIpc) is 3.39. The third-order valence-corrected chi connectivity index (χ3v) is 6.91. The van der Waals surface area contributed by atoms with Crippen LogP contribution in [-0.2, 0) is 41.6 Å². The van der Waals surface area contributed by atoms with Crippen molar-refractivity contribution in [3.8, 4) is 0 Å². The molecule has 0 fully saturated rings. The van der Waals surface area contributed by atoms with Gasteiger partial charge in [-0.15, -0.1) is 0 Å². The van der Waals surface area contributed by atoms with Crippen molar-refractivity contribution in [2.45, 2.75) is 62.7 Å². The largest absolute Gasteiger partial charge is 0.481 e. The van der Waals surface area contributed by atoms with Crippen LogP contribution in [0.15, 0.2) is 60.8 Å². The normalized spacial score (nSPS) is 13.7. The number of rotatable bonds is 17. The lowest BCUT2D eigenvalue weighted by Crippen LogP contribution is -2.57. The molecule has 44 heavy (non-hydrogen) atoms. The van der Waals surface area contributed by atoms with E-state index in [2.05, 4.69) is 20.9 Å². The van der Waals surface area contributed by atoms with Gasteiger partial charge in [0.2, 0.25) is 17.7 Å². The van der Waals surface area contributed by atoms with Crippen LogP contribution in [0.2, 0.25) is 0 Å². The first kappa shape index (κ1) is 33.3. The van der Waals surface area contributed by atoms with Crippen LogP contribution in [0.4, 0.5) is 0 Å². The zero-order valence-corrected chi connectivity index (χ0v) is 23.7. The molecule has 14 nitrogen and oxygen atoms in total. The maximum Gasteiger partial charge on any atom is 0.326 e. The van der Waals surface area contributed by atoms with E-state index >= 15 is 0 Å². The van der Waals surface area contributed by atoms with Crippen molar-refractivity contribution in [3.63, 3.8) is 0 Å². The highest BCUT2D eigenvalue weighted by molar-refractivity contribution is 5.95. The lowest BCUT2D eigenvalue weighted by molar-refractivity contribution is -0.144. The summed E-state index contributed by atoms with van der Waals surface area (Å²) in [5.41, 5.74) is 8.40. The van der Waals surface area contributed by atoms with E-state index in [0.29, 0.717) is 5.56 Å². The molecular formula is C30H35N5O9. The molecule has 0 aliphatic heterocycles. The smallest absolute Gasteiger partial charge is 0.326 e. The van der Waals surface area contributed by atoms with Gasteiger partial charge in [-0.1, -0.05) is 48.5 Å². The summed E-state index contributed by atoms with van der Waals surface area (Å²) in [4.78, 5) is 76.7. The first-order valence-corrected chi connectivity index (χ1v) is 13.9. The molecule has 0 spiro atoms. The highest BCUT2D eigenvalue weighted by Crippen LogP contribution is 2.19. The Morgan fingerprint density at radius 2 is 1.23 bits per heavy atom. The SMILES string of the molecule is NC(Cc1ccccc1)C(=O)NC(Cc1c[nH]c2ccccc12)C(=O)NC(CCC(=O)O)C(=O)NC(CCC(=O)O)C(=O)O. The third-order valence-electron chi connectivity index (χ3n) is 6.91. The topological polar surface area (TPSA) is 241 Å². The number of aromatic nitrogens is 1. The molecule has 4 atom stereocenters. The number of carboxylic acid groups (broad SMARTS) is 3. The van der Waals surface area contributed by atoms with E-state index in [9.17, 15) is 39.0 Å². The fraction of sp³-hybridized carbons (Fsp3) is 0.333. The summed E-state index contributed by atoms with van der Waals surface area (Å²) >= 11 is 0. The van der Waals surface area contributed by atoms with E-state index in [1.54, 1.807) is 36.5 Å². The number of hydrogen-bond donors (Lipinski definition) is 8. The Bertz CT molecular complexity index is 1490. The van der Waals surface area contributed by atoms with Crippen LogP contribution in [0.1, 0.15) is 36.8 Å². The number of amides is 3. The molecule has 3 rings (SSSR count). The number of H-pyrrole nitrogens is 1. The van der Waals surface area contributed by atoms with Gasteiger partial charge < -0.3 is 42.0 Å². The van der Waals surface area contributed by atoms with Crippen LogP contribution in [0.3, 0.4) is 0 Å². The standard InChI is InChI=1S/C30H35N5O9/c31-20(14-17-6-2-1-3-7-17)27(40)35-24(15-18-16-32-21-9-5-4-8-19(18)21)29(42)33-22(10-12-25(36)37)28(41)34-23(30(43)44)11-13-26(38)39/h1-9,16,20,22-24,32H,10-15,31H2,(H,33,42)(H,34,41)(H,35,40)(H,36,37)(H,38,39)(H,43,44). The van der Waals surface area contributed by atoms with E-state index in [1.165, 1.54) is 0 Å². The lowest BCUT2D eigenvalue weighted by atomic mass is 10.0. The van der Waals surface area contributed by atoms with E-state index in [0.717, 1.165) is 16.5 Å². The molecular weight excluding hydrogens is 574 g/mol. The minimum absolute atomic E-state index is 0.0245. The lowest BCUT2D eigenvalue weighted by Gasteiger charge is -2.25. The second kappa shape index (κ2) is 15.8. The Balaban J connectivity index is 1.83. The second-order valence-corrected chi connectivity index (χ2v) is 10.2. The van der Waals surface area contributed by atoms with Gasteiger partial charge in [0, 0.05) is 36.4 Å². The molecule has 0 aliphatic carbocycles. The van der Waals surface area contributed by atoms with Crippen LogP contribution < -0.4 is 21.7 Å². The average molecular weight is 610 g/mol. The van der Waals surface area contributed by atoms with Crippen molar-refractivity contribution in [1.82, 2.24) is 20.9 Å². The van der Waals surface area contributed by atoms with Crippen LogP contribution in [-0.4, -0.2) is 80.1 Å². The molecule has 0 bridgehead atoms. The Morgan fingerprint density at radius 3 is 1.86 bits per heavy atom. The van der Waals surface area contributed by atoms with Gasteiger partial charge in [0.05, 0.1) is 6.04 Å². The highest BCUT2D eigenvalue weighted by Gasteiger charge is 2.31. The molecule has 9 N–H and O–H groups in total. The van der Waals surface area contributed by atoms with E-state index in [-0.39, 0.29) is 12.8 Å². The second-order valence-electron chi connectivity index (χ2n) is 10.2. The molecule has 234 valence electrons. The van der Waals surface area contributed by atoms with Gasteiger partial charge >= 0.3 is 17.9 Å². The molecule has 0 aliphatic rings. The van der Waals surface area contributed by atoms with Gasteiger partial charge in [0.25, 0.3) is 0 Å². The van der Waals surface area contributed by atoms with Crippen LogP contribution in [0, 0.1) is 0 Å². The zero-order valence-electron chi connectivity index (χ0n) is 23.7. The monoisotopic (exact) mass is 609 g/mol. The number of nitrogens with one attached hydrogen (secondary N) is 4. The fourth-order valence-corrected chi connectivity index (χ4v) is 4.58. The Labute approximate surface area is 252 Å². The quantitative estimate of drug-likeness (QED) is 0.106. The van der Waals surface area contributed by atoms with Gasteiger partial charge in [-0.2, -0.15) is 0 Å². The number of nitrogens with two attached hydrogens (primary N) is 1. The number of hydrogen-bond acceptors (Lipinski definition) is 7. The number of aromatic amines is 1. The molecule has 0 radical (unpaired) electrons. The maximum atomic E-state index is 13.6. The fourth-order valence-electron chi connectivity index (χ4n) is 4.58. The van der Waals surface area contributed by atoms with Crippen LogP contribution in [0.25, 0.3) is 10.9 Å². The first-order valence-electron chi connectivity index (χ1n) is 13.9. The van der Waals surface area contributed by atoms with E-state index in [1.807, 2.05) is 24.3 Å². The number of para-hydroxylation sites is 1. The summed E-state index contributed by atoms with van der Waals surface area (Å²) < 4.78 is 0. The van der Waals surface area contributed by atoms with Crippen molar-refractivity contribution >= 4 is 46.5 Å². The van der Waals surface area contributed by atoms with Crippen LogP contribution >= 0.6 is 0 Å². The summed E-state index contributed by atoms with van der Waals surface area (Å²) in [5, 5.41) is 35.6. The summed E-state index contributed by atoms with van der Waals surface area (Å²) in [6, 6.07) is 10.9. The molecule has 3 aromatic rings. The number of fused-ring (bicyclic) bond motifs is 1. The summed E-state index contributed by atoms with van der Waals surface area (Å²) in [6.07, 6.45) is -0.102. The molecule has 4 unspecified atom stereocenters. The van der Waals surface area contributed by atoms with Gasteiger partial charge in [-0.25, -0.2) is 4.79 Å². The Kier molecular flexibility index (Phi) is 12.0. The zero-order chi connectivity index (χ0) is 32.2. The summed E-state index contributed by atoms with van der Waals surface area (Å²) in [7, 11) is 0. The molecule has 3 amide bonds. The summed E-state index contributed by atoms with van der Waals surface area (Å²) in [6.45, 7) is 0. The van der Waals surface area contributed by atoms with Crippen molar-refractivity contribution in [2.75, 3.05) is 0 Å². The number of carbonyl (C=O) groups excluding carboxylic acids is 3. The van der Waals surface area contributed by atoms with Gasteiger partial charge in [-0.3, -0.25) is 24.0 Å². The third kappa shape index (κ3) is 9.94. The van der Waals surface area contributed by atoms with Gasteiger partial charge in [0.1, 0.15) is 18.1 Å². The summed E-state index contributed by atoms with van der Waals surface area (Å²) in [5.74, 6) is -6.54. The highest BCUT2D eigenvalue weighted by atomic mass is 16.4. The van der Waals surface area contributed by atoms with Gasteiger partial charge in [0.15, 0.2) is 0 Å². The Hall–Kier alpha value is -5.24. The molecule has 0 saturated carbocycles. The number of carboxylic acids is 3. The van der Waals surface area contributed by atoms with Crippen molar-refractivity contribution in [1.29, 1.82) is 0 Å². The molecule has 14 heteroatoms. The Morgan fingerprint density at radius 1 is 0.682 bits per heavy atom. The molecule has 1 heterocycles. The number of carbonyl (C=O) groups is 6. The predicted octanol–water partition coefficient (Wildman–Crippen LogP) is 0.549. The predicted molar refractivity (Wildman–Crippen MR) is 157 cm³/mol. The number of benzene rings is 2. The minimum Gasteiger partial charge on any atom is -0.481 e.